The Labute approximate surface area is 187 Å². The van der Waals surface area contributed by atoms with Crippen molar-refractivity contribution in [3.8, 4) is 11.6 Å². The summed E-state index contributed by atoms with van der Waals surface area (Å²) in [5, 5.41) is 19.0. The summed E-state index contributed by atoms with van der Waals surface area (Å²) in [6.45, 7) is 3.32. The zero-order valence-electron chi connectivity index (χ0n) is 17.6. The second-order valence-electron chi connectivity index (χ2n) is 6.83. The summed E-state index contributed by atoms with van der Waals surface area (Å²) in [5.74, 6) is -0.644. The van der Waals surface area contributed by atoms with Crippen LogP contribution in [-0.4, -0.2) is 42.9 Å². The lowest BCUT2D eigenvalue weighted by atomic mass is 10.1. The molecule has 3 N–H and O–H groups in total. The maximum atomic E-state index is 12.7. The third-order valence-electron chi connectivity index (χ3n) is 4.57. The van der Waals surface area contributed by atoms with Gasteiger partial charge in [-0.3, -0.25) is 4.79 Å². The van der Waals surface area contributed by atoms with E-state index in [1.807, 2.05) is 6.07 Å². The van der Waals surface area contributed by atoms with Crippen molar-refractivity contribution in [2.45, 2.75) is 13.8 Å². The van der Waals surface area contributed by atoms with Crippen molar-refractivity contribution in [3.63, 3.8) is 0 Å². The molecule has 0 spiro atoms. The number of nitrogen functional groups attached to an aromatic ring is 1. The number of nitrogens with zero attached hydrogens (tertiary/aromatic N) is 6. The van der Waals surface area contributed by atoms with E-state index in [0.29, 0.717) is 28.3 Å². The number of hydrazone groups is 1. The number of hydrogen-bond acceptors (Lipinski definition) is 10. The van der Waals surface area contributed by atoms with Gasteiger partial charge >= 0.3 is 5.97 Å². The van der Waals surface area contributed by atoms with Crippen molar-refractivity contribution in [1.29, 1.82) is 0 Å². The third-order valence-corrected chi connectivity index (χ3v) is 4.57. The highest BCUT2D eigenvalue weighted by Gasteiger charge is 2.23. The van der Waals surface area contributed by atoms with Crippen molar-refractivity contribution in [2.24, 2.45) is 5.10 Å². The Kier molecular flexibility index (Phi) is 5.89. The number of rotatable bonds is 6. The zero-order valence-corrected chi connectivity index (χ0v) is 17.6. The van der Waals surface area contributed by atoms with Crippen LogP contribution in [0.25, 0.3) is 5.82 Å². The van der Waals surface area contributed by atoms with Crippen LogP contribution in [0.4, 0.5) is 5.82 Å². The van der Waals surface area contributed by atoms with E-state index in [1.165, 1.54) is 0 Å². The second-order valence-corrected chi connectivity index (χ2v) is 6.83. The molecule has 0 saturated heterocycles. The molecule has 2 aromatic heterocycles. The molecular formula is C21H18N8O4. The van der Waals surface area contributed by atoms with Crippen LogP contribution in [-0.2, 0) is 0 Å². The number of hydrogen-bond donors (Lipinski definition) is 2. The van der Waals surface area contributed by atoms with Gasteiger partial charge in [-0.05, 0) is 66.1 Å². The van der Waals surface area contributed by atoms with Crippen LogP contribution >= 0.6 is 0 Å². The maximum Gasteiger partial charge on any atom is 0.343 e. The van der Waals surface area contributed by atoms with E-state index in [4.69, 9.17) is 10.5 Å². The number of nitrogens with one attached hydrogen (secondary N) is 1. The summed E-state index contributed by atoms with van der Waals surface area (Å²) < 4.78 is 11.0. The Balaban J connectivity index is 1.45. The number of aromatic nitrogens is 5. The number of aryl methyl sites for hydroxylation is 1. The van der Waals surface area contributed by atoms with Crippen LogP contribution in [0, 0.1) is 6.92 Å². The first-order chi connectivity index (χ1) is 15.9. The summed E-state index contributed by atoms with van der Waals surface area (Å²) >= 11 is 0. The smallest absolute Gasteiger partial charge is 0.343 e. The molecule has 0 aliphatic heterocycles. The molecule has 4 aromatic rings. The first kappa shape index (κ1) is 21.4. The second kappa shape index (κ2) is 9.09. The molecule has 0 saturated carbocycles. The zero-order chi connectivity index (χ0) is 23.4. The fourth-order valence-corrected chi connectivity index (χ4v) is 2.86. The van der Waals surface area contributed by atoms with Crippen LogP contribution < -0.4 is 15.9 Å². The normalized spacial score (nSPS) is 11.3. The van der Waals surface area contributed by atoms with Crippen molar-refractivity contribution in [3.05, 3.63) is 77.1 Å². The quantitative estimate of drug-likeness (QED) is 0.195. The molecule has 0 radical (unpaired) electrons. The van der Waals surface area contributed by atoms with Crippen LogP contribution in [0.3, 0.4) is 0 Å². The summed E-state index contributed by atoms with van der Waals surface area (Å²) in [6, 6.07) is 15.4. The highest BCUT2D eigenvalue weighted by Crippen LogP contribution is 2.16. The lowest BCUT2D eigenvalue weighted by Gasteiger charge is -2.07. The molecule has 166 valence electrons. The minimum atomic E-state index is -0.576. The van der Waals surface area contributed by atoms with Gasteiger partial charge in [0.05, 0.1) is 17.0 Å². The predicted octanol–water partition coefficient (Wildman–Crippen LogP) is 1.91. The topological polar surface area (TPSA) is 163 Å². The first-order valence-electron chi connectivity index (χ1n) is 9.67. The number of anilines is 1. The fourth-order valence-electron chi connectivity index (χ4n) is 2.86. The molecule has 0 fully saturated rings. The van der Waals surface area contributed by atoms with Gasteiger partial charge in [-0.15, -0.1) is 5.10 Å². The Bertz CT molecular complexity index is 1330. The maximum absolute atomic E-state index is 12.7. The Morgan fingerprint density at radius 2 is 1.79 bits per heavy atom. The molecule has 4 rings (SSSR count). The molecule has 0 unspecified atom stereocenters. The molecule has 33 heavy (non-hydrogen) atoms. The van der Waals surface area contributed by atoms with E-state index in [-0.39, 0.29) is 17.3 Å². The van der Waals surface area contributed by atoms with Crippen LogP contribution in [0.5, 0.6) is 5.75 Å². The molecule has 12 heteroatoms. The summed E-state index contributed by atoms with van der Waals surface area (Å²) in [5.41, 5.74) is 10.2. The standard InChI is InChI=1S/C21H18N8O4/c1-12(14-8-10-16(11-9-14)32-21(31)15-6-4-3-5-7-15)23-25-20(30)17-13(2)24-28-29(17)19-18(22)26-33-27-19/h3-11H,1-2H3,(H2,22,26)(H,25,30). The number of carbonyl (C=O) groups is 2. The minimum absolute atomic E-state index is 0.0401. The number of nitrogens with two attached hydrogens (primary N) is 1. The largest absolute Gasteiger partial charge is 0.423 e. The van der Waals surface area contributed by atoms with E-state index in [1.54, 1.807) is 62.4 Å². The number of ether oxygens (including phenoxy) is 1. The minimum Gasteiger partial charge on any atom is -0.423 e. The Morgan fingerprint density at radius 3 is 2.45 bits per heavy atom. The van der Waals surface area contributed by atoms with Crippen molar-refractivity contribution in [2.75, 3.05) is 5.73 Å². The van der Waals surface area contributed by atoms with Gasteiger partial charge < -0.3 is 10.5 Å². The number of esters is 1. The van der Waals surface area contributed by atoms with Crippen molar-refractivity contribution >= 4 is 23.4 Å². The van der Waals surface area contributed by atoms with Crippen molar-refractivity contribution < 1.29 is 19.0 Å². The highest BCUT2D eigenvalue weighted by atomic mass is 16.6. The van der Waals surface area contributed by atoms with Gasteiger partial charge in [0.25, 0.3) is 5.91 Å². The van der Waals surface area contributed by atoms with E-state index in [9.17, 15) is 9.59 Å². The monoisotopic (exact) mass is 446 g/mol. The third kappa shape index (κ3) is 4.58. The lowest BCUT2D eigenvalue weighted by Crippen LogP contribution is -2.24. The van der Waals surface area contributed by atoms with Crippen LogP contribution in [0.2, 0.25) is 0 Å². The average molecular weight is 446 g/mol. The average Bonchev–Trinajstić information content (AvgIpc) is 3.43. The molecular weight excluding hydrogens is 428 g/mol. The molecule has 0 aliphatic rings. The van der Waals surface area contributed by atoms with Gasteiger partial charge in [-0.1, -0.05) is 23.4 Å². The van der Waals surface area contributed by atoms with Gasteiger partial charge in [0, 0.05) is 0 Å². The molecule has 2 aromatic carbocycles. The lowest BCUT2D eigenvalue weighted by molar-refractivity contribution is 0.0734. The number of carbonyl (C=O) groups excluding carboxylic acids is 2. The molecule has 0 atom stereocenters. The van der Waals surface area contributed by atoms with Crippen LogP contribution in [0.15, 0.2) is 64.3 Å². The van der Waals surface area contributed by atoms with E-state index < -0.39 is 11.9 Å². The SMILES string of the molecule is CC(=NNC(=O)c1c(C)nnn1-c1nonc1N)c1ccc(OC(=O)c2ccccc2)cc1. The Hall–Kier alpha value is -4.87. The Morgan fingerprint density at radius 1 is 1.06 bits per heavy atom. The fraction of sp³-hybridized carbons (Fsp3) is 0.0952. The summed E-state index contributed by atoms with van der Waals surface area (Å²) in [6.07, 6.45) is 0. The predicted molar refractivity (Wildman–Crippen MR) is 116 cm³/mol. The molecule has 1 amide bonds. The van der Waals surface area contributed by atoms with E-state index >= 15 is 0 Å². The molecule has 12 nitrogen and oxygen atoms in total. The molecule has 2 heterocycles. The van der Waals surface area contributed by atoms with Gasteiger partial charge in [-0.25, -0.2) is 14.8 Å². The van der Waals surface area contributed by atoms with Crippen molar-refractivity contribution in [1.82, 2.24) is 30.7 Å². The number of amides is 1. The molecule has 0 aliphatic carbocycles. The number of benzene rings is 2. The van der Waals surface area contributed by atoms with Gasteiger partial charge in [0.15, 0.2) is 5.69 Å². The van der Waals surface area contributed by atoms with Gasteiger partial charge in [-0.2, -0.15) is 9.78 Å². The van der Waals surface area contributed by atoms with E-state index in [2.05, 4.69) is 35.8 Å². The highest BCUT2D eigenvalue weighted by molar-refractivity contribution is 6.01. The van der Waals surface area contributed by atoms with Gasteiger partial charge in [0.1, 0.15) is 5.75 Å². The van der Waals surface area contributed by atoms with Gasteiger partial charge in [0.2, 0.25) is 11.6 Å². The first-order valence-corrected chi connectivity index (χ1v) is 9.67. The van der Waals surface area contributed by atoms with Crippen LogP contribution in [0.1, 0.15) is 39.0 Å². The summed E-state index contributed by atoms with van der Waals surface area (Å²) in [7, 11) is 0. The summed E-state index contributed by atoms with van der Waals surface area (Å²) in [4.78, 5) is 24.9. The van der Waals surface area contributed by atoms with E-state index in [0.717, 1.165) is 4.68 Å². The molecule has 0 bridgehead atoms.